The van der Waals surface area contributed by atoms with Crippen molar-refractivity contribution in [2.24, 2.45) is 0 Å². The number of halogens is 1. The van der Waals surface area contributed by atoms with Crippen molar-refractivity contribution in [2.45, 2.75) is 13.8 Å². The molecule has 0 saturated carbocycles. The number of carbonyl (C=O) groups excluding carboxylic acids is 1. The van der Waals surface area contributed by atoms with Crippen molar-refractivity contribution in [1.29, 1.82) is 0 Å². The summed E-state index contributed by atoms with van der Waals surface area (Å²) in [6, 6.07) is 8.68. The molecule has 1 aromatic carbocycles. The number of hydrogen-bond donors (Lipinski definition) is 0. The third kappa shape index (κ3) is 2.02. The fourth-order valence-corrected chi connectivity index (χ4v) is 1.61. The summed E-state index contributed by atoms with van der Waals surface area (Å²) in [5, 5.41) is 0.592. The fraction of sp³-hybridized carbons (Fsp3) is 0.154. The Bertz CT molecular complexity index is 541. The van der Waals surface area contributed by atoms with Crippen molar-refractivity contribution >= 4 is 17.4 Å². The average molecular weight is 235 g/mol. The minimum absolute atomic E-state index is 0.144. The highest BCUT2D eigenvalue weighted by Gasteiger charge is 2.13. The van der Waals surface area contributed by atoms with E-state index in [9.17, 15) is 4.79 Å². The van der Waals surface area contributed by atoms with Gasteiger partial charge in [-0.3, -0.25) is 4.79 Å². The van der Waals surface area contributed by atoms with Gasteiger partial charge in [-0.25, -0.2) is 0 Å². The third-order valence-electron chi connectivity index (χ3n) is 2.40. The van der Waals surface area contributed by atoms with Gasteiger partial charge < -0.3 is 4.42 Å². The molecule has 0 aliphatic rings. The van der Waals surface area contributed by atoms with Gasteiger partial charge in [0.2, 0.25) is 5.78 Å². The monoisotopic (exact) mass is 234 g/mol. The number of hydrogen-bond acceptors (Lipinski definition) is 2. The summed E-state index contributed by atoms with van der Waals surface area (Å²) >= 11 is 5.97. The normalized spacial score (nSPS) is 10.4. The Kier molecular flexibility index (Phi) is 2.84. The van der Waals surface area contributed by atoms with E-state index in [1.54, 1.807) is 31.2 Å². The zero-order valence-corrected chi connectivity index (χ0v) is 9.84. The second-order valence-electron chi connectivity index (χ2n) is 3.70. The van der Waals surface area contributed by atoms with Gasteiger partial charge in [-0.05, 0) is 37.6 Å². The molecule has 0 unspecified atom stereocenters. The minimum Gasteiger partial charge on any atom is -0.458 e. The van der Waals surface area contributed by atoms with E-state index in [1.807, 2.05) is 13.0 Å². The number of ketones is 1. The Hall–Kier alpha value is -1.54. The maximum absolute atomic E-state index is 12.0. The summed E-state index contributed by atoms with van der Waals surface area (Å²) in [4.78, 5) is 12.0. The molecular formula is C13H11ClO2. The highest BCUT2D eigenvalue weighted by atomic mass is 35.5. The fourth-order valence-electron chi connectivity index (χ4n) is 1.43. The minimum atomic E-state index is -0.144. The molecule has 2 rings (SSSR count). The molecule has 1 heterocycles. The zero-order valence-electron chi connectivity index (χ0n) is 9.08. The number of furan rings is 1. The van der Waals surface area contributed by atoms with Crippen LogP contribution < -0.4 is 0 Å². The molecule has 82 valence electrons. The van der Waals surface area contributed by atoms with Gasteiger partial charge in [-0.15, -0.1) is 0 Å². The van der Waals surface area contributed by atoms with E-state index in [4.69, 9.17) is 16.0 Å². The number of aryl methyl sites for hydroxylation is 2. The molecule has 2 aromatic rings. The van der Waals surface area contributed by atoms with Crippen LogP contribution >= 0.6 is 11.6 Å². The molecule has 3 heteroatoms. The molecule has 16 heavy (non-hydrogen) atoms. The second kappa shape index (κ2) is 4.14. The van der Waals surface area contributed by atoms with Crippen LogP contribution in [-0.4, -0.2) is 5.78 Å². The van der Waals surface area contributed by atoms with Crippen LogP contribution in [0.1, 0.15) is 27.4 Å². The van der Waals surface area contributed by atoms with Crippen LogP contribution in [0.4, 0.5) is 0 Å². The second-order valence-corrected chi connectivity index (χ2v) is 4.11. The van der Waals surface area contributed by atoms with E-state index < -0.39 is 0 Å². The maximum atomic E-state index is 12.0. The number of carbonyl (C=O) groups is 1. The summed E-state index contributed by atoms with van der Waals surface area (Å²) in [5.74, 6) is 0.925. The molecule has 0 atom stereocenters. The molecule has 0 fully saturated rings. The average Bonchev–Trinajstić information content (AvgIpc) is 2.68. The smallest absolute Gasteiger partial charge is 0.228 e. The van der Waals surface area contributed by atoms with Gasteiger partial charge in [0.1, 0.15) is 5.76 Å². The molecular weight excluding hydrogens is 224 g/mol. The highest BCUT2D eigenvalue weighted by Crippen LogP contribution is 2.19. The Morgan fingerprint density at radius 1 is 1.19 bits per heavy atom. The largest absolute Gasteiger partial charge is 0.458 e. The van der Waals surface area contributed by atoms with Crippen molar-refractivity contribution in [1.82, 2.24) is 0 Å². The van der Waals surface area contributed by atoms with Crippen LogP contribution in [0.15, 0.2) is 34.7 Å². The third-order valence-corrected chi connectivity index (χ3v) is 2.81. The predicted molar refractivity (Wildman–Crippen MR) is 63.1 cm³/mol. The van der Waals surface area contributed by atoms with Gasteiger partial charge in [0, 0.05) is 10.6 Å². The van der Waals surface area contributed by atoms with Crippen molar-refractivity contribution < 1.29 is 9.21 Å². The van der Waals surface area contributed by atoms with E-state index in [2.05, 4.69) is 0 Å². The molecule has 0 saturated heterocycles. The quantitative estimate of drug-likeness (QED) is 0.741. The van der Waals surface area contributed by atoms with Crippen LogP contribution in [0.5, 0.6) is 0 Å². The summed E-state index contributed by atoms with van der Waals surface area (Å²) in [5.41, 5.74) is 1.50. The lowest BCUT2D eigenvalue weighted by Crippen LogP contribution is -1.99. The van der Waals surface area contributed by atoms with E-state index in [0.29, 0.717) is 16.3 Å². The zero-order chi connectivity index (χ0) is 11.7. The molecule has 0 spiro atoms. The van der Waals surface area contributed by atoms with Gasteiger partial charge in [0.05, 0.1) is 0 Å². The Balaban J connectivity index is 2.38. The van der Waals surface area contributed by atoms with Gasteiger partial charge in [-0.1, -0.05) is 23.7 Å². The van der Waals surface area contributed by atoms with Crippen LogP contribution in [0.2, 0.25) is 5.02 Å². The molecule has 2 nitrogen and oxygen atoms in total. The van der Waals surface area contributed by atoms with Crippen LogP contribution in [-0.2, 0) is 0 Å². The van der Waals surface area contributed by atoms with Crippen LogP contribution in [0.25, 0.3) is 0 Å². The molecule has 0 N–H and O–H groups in total. The van der Waals surface area contributed by atoms with Crippen molar-refractivity contribution in [3.8, 4) is 0 Å². The van der Waals surface area contributed by atoms with Gasteiger partial charge in [0.15, 0.2) is 5.76 Å². The van der Waals surface area contributed by atoms with Crippen molar-refractivity contribution in [3.63, 3.8) is 0 Å². The van der Waals surface area contributed by atoms with Gasteiger partial charge in [0.25, 0.3) is 0 Å². The molecule has 1 aromatic heterocycles. The summed E-state index contributed by atoms with van der Waals surface area (Å²) in [7, 11) is 0. The Labute approximate surface area is 98.8 Å². The lowest BCUT2D eigenvalue weighted by molar-refractivity contribution is 0.101. The molecule has 0 aliphatic carbocycles. The maximum Gasteiger partial charge on any atom is 0.228 e. The van der Waals surface area contributed by atoms with E-state index >= 15 is 0 Å². The SMILES string of the molecule is Cc1ccc(C(=O)c2ccc(C)c(Cl)c2)o1. The molecule has 0 amide bonds. The standard InChI is InChI=1S/C13H11ClO2/c1-8-3-5-10(7-11(8)14)13(15)12-6-4-9(2)16-12/h3-7H,1-2H3. The first kappa shape index (κ1) is 11.0. The van der Waals surface area contributed by atoms with Crippen molar-refractivity contribution in [3.05, 3.63) is 58.0 Å². The van der Waals surface area contributed by atoms with E-state index in [1.165, 1.54) is 0 Å². The van der Waals surface area contributed by atoms with Crippen LogP contribution in [0.3, 0.4) is 0 Å². The number of benzene rings is 1. The number of rotatable bonds is 2. The molecule has 0 bridgehead atoms. The lowest BCUT2D eigenvalue weighted by Gasteiger charge is -2.01. The molecule has 0 radical (unpaired) electrons. The summed E-state index contributed by atoms with van der Waals surface area (Å²) < 4.78 is 5.28. The van der Waals surface area contributed by atoms with Crippen LogP contribution in [0, 0.1) is 13.8 Å². The van der Waals surface area contributed by atoms with Gasteiger partial charge in [-0.2, -0.15) is 0 Å². The predicted octanol–water partition coefficient (Wildman–Crippen LogP) is 3.78. The highest BCUT2D eigenvalue weighted by molar-refractivity contribution is 6.31. The first-order valence-electron chi connectivity index (χ1n) is 4.95. The van der Waals surface area contributed by atoms with Gasteiger partial charge >= 0.3 is 0 Å². The van der Waals surface area contributed by atoms with E-state index in [0.717, 1.165) is 11.3 Å². The van der Waals surface area contributed by atoms with Crippen molar-refractivity contribution in [2.75, 3.05) is 0 Å². The Morgan fingerprint density at radius 2 is 1.94 bits per heavy atom. The lowest BCUT2D eigenvalue weighted by atomic mass is 10.1. The first-order chi connectivity index (χ1) is 7.58. The molecule has 0 aliphatic heterocycles. The first-order valence-corrected chi connectivity index (χ1v) is 5.33. The van der Waals surface area contributed by atoms with E-state index in [-0.39, 0.29) is 5.78 Å². The Morgan fingerprint density at radius 3 is 2.50 bits per heavy atom. The summed E-state index contributed by atoms with van der Waals surface area (Å²) in [6.07, 6.45) is 0. The topological polar surface area (TPSA) is 30.2 Å². The summed E-state index contributed by atoms with van der Waals surface area (Å²) in [6.45, 7) is 3.70.